The number of amides is 2. The molecule has 1 heterocycles. The van der Waals surface area contributed by atoms with Gasteiger partial charge in [-0.05, 0) is 61.0 Å². The summed E-state index contributed by atoms with van der Waals surface area (Å²) >= 11 is 13.5. The van der Waals surface area contributed by atoms with Crippen LogP contribution in [0.3, 0.4) is 0 Å². The SMILES string of the molecule is Cc1cc(NC(=O)Nc2cc(Cl)cc(Cl)c2)ccc1OCc1nc2ccccc2s1. The van der Waals surface area contributed by atoms with Crippen molar-refractivity contribution in [3.05, 3.63) is 81.3 Å². The Labute approximate surface area is 187 Å². The molecule has 0 unspecified atom stereocenters. The van der Waals surface area contributed by atoms with E-state index >= 15 is 0 Å². The second-order valence-electron chi connectivity index (χ2n) is 6.58. The minimum atomic E-state index is -0.393. The molecule has 0 saturated heterocycles. The monoisotopic (exact) mass is 457 g/mol. The number of halogens is 2. The molecule has 0 bridgehead atoms. The van der Waals surface area contributed by atoms with Gasteiger partial charge in [0.15, 0.2) is 0 Å². The van der Waals surface area contributed by atoms with Crippen LogP contribution in [-0.4, -0.2) is 11.0 Å². The van der Waals surface area contributed by atoms with Crippen LogP contribution in [0.2, 0.25) is 10.0 Å². The Morgan fingerprint density at radius 3 is 2.47 bits per heavy atom. The molecule has 1 aromatic heterocycles. The molecule has 5 nitrogen and oxygen atoms in total. The van der Waals surface area contributed by atoms with Crippen molar-refractivity contribution in [1.29, 1.82) is 0 Å². The summed E-state index contributed by atoms with van der Waals surface area (Å²) in [6.45, 7) is 2.32. The number of fused-ring (bicyclic) bond motifs is 1. The molecule has 0 radical (unpaired) electrons. The molecule has 0 aliphatic rings. The highest BCUT2D eigenvalue weighted by atomic mass is 35.5. The van der Waals surface area contributed by atoms with E-state index in [1.807, 2.05) is 43.3 Å². The van der Waals surface area contributed by atoms with Gasteiger partial charge in [0.25, 0.3) is 0 Å². The molecule has 30 heavy (non-hydrogen) atoms. The van der Waals surface area contributed by atoms with Gasteiger partial charge in [-0.1, -0.05) is 35.3 Å². The summed E-state index contributed by atoms with van der Waals surface area (Å²) in [6, 6.07) is 17.9. The fraction of sp³-hybridized carbons (Fsp3) is 0.0909. The Kier molecular flexibility index (Phi) is 6.08. The molecular weight excluding hydrogens is 441 g/mol. The molecule has 4 rings (SSSR count). The van der Waals surface area contributed by atoms with Gasteiger partial charge in [-0.2, -0.15) is 0 Å². The molecular formula is C22H17Cl2N3O2S. The van der Waals surface area contributed by atoms with Gasteiger partial charge < -0.3 is 15.4 Å². The van der Waals surface area contributed by atoms with E-state index in [4.69, 9.17) is 27.9 Å². The lowest BCUT2D eigenvalue weighted by Gasteiger charge is -2.12. The Balaban J connectivity index is 1.38. The van der Waals surface area contributed by atoms with E-state index < -0.39 is 6.03 Å². The Morgan fingerprint density at radius 2 is 1.73 bits per heavy atom. The number of hydrogen-bond donors (Lipinski definition) is 2. The number of hydrogen-bond acceptors (Lipinski definition) is 4. The van der Waals surface area contributed by atoms with Gasteiger partial charge in [-0.15, -0.1) is 11.3 Å². The third kappa shape index (κ3) is 5.02. The van der Waals surface area contributed by atoms with Crippen LogP contribution in [0.15, 0.2) is 60.7 Å². The van der Waals surface area contributed by atoms with Crippen molar-refractivity contribution in [2.75, 3.05) is 10.6 Å². The summed E-state index contributed by atoms with van der Waals surface area (Å²) in [5, 5.41) is 7.30. The van der Waals surface area contributed by atoms with E-state index in [0.717, 1.165) is 26.5 Å². The second kappa shape index (κ2) is 8.92. The van der Waals surface area contributed by atoms with Gasteiger partial charge in [0.2, 0.25) is 0 Å². The predicted octanol–water partition coefficient (Wildman–Crippen LogP) is 7.13. The molecule has 4 aromatic rings. The maximum Gasteiger partial charge on any atom is 0.323 e. The highest BCUT2D eigenvalue weighted by molar-refractivity contribution is 7.18. The van der Waals surface area contributed by atoms with Crippen molar-refractivity contribution in [2.24, 2.45) is 0 Å². The van der Waals surface area contributed by atoms with Gasteiger partial charge in [-0.25, -0.2) is 9.78 Å². The third-order valence-electron chi connectivity index (χ3n) is 4.24. The maximum absolute atomic E-state index is 12.3. The summed E-state index contributed by atoms with van der Waals surface area (Å²) < 4.78 is 7.06. The van der Waals surface area contributed by atoms with Crippen LogP contribution in [-0.2, 0) is 6.61 Å². The number of carbonyl (C=O) groups excluding carboxylic acids is 1. The van der Waals surface area contributed by atoms with E-state index in [9.17, 15) is 4.79 Å². The lowest BCUT2D eigenvalue weighted by atomic mass is 10.2. The maximum atomic E-state index is 12.3. The minimum Gasteiger partial charge on any atom is -0.486 e. The number of aromatic nitrogens is 1. The zero-order chi connectivity index (χ0) is 21.1. The van der Waals surface area contributed by atoms with Crippen LogP contribution in [0.4, 0.5) is 16.2 Å². The Bertz CT molecular complexity index is 1170. The average molecular weight is 458 g/mol. The number of rotatable bonds is 5. The van der Waals surface area contributed by atoms with Crippen LogP contribution in [0.25, 0.3) is 10.2 Å². The standard InChI is InChI=1S/C22H17Cl2N3O2S/c1-13-8-16(25-22(28)26-17-10-14(23)9-15(24)11-17)6-7-19(13)29-12-21-27-18-4-2-3-5-20(18)30-21/h2-11H,12H2,1H3,(H2,25,26,28). The highest BCUT2D eigenvalue weighted by Gasteiger charge is 2.09. The van der Waals surface area contributed by atoms with E-state index in [-0.39, 0.29) is 0 Å². The van der Waals surface area contributed by atoms with Crippen molar-refractivity contribution < 1.29 is 9.53 Å². The Hall–Kier alpha value is -2.80. The number of aryl methyl sites for hydroxylation is 1. The summed E-state index contributed by atoms with van der Waals surface area (Å²) in [5.41, 5.74) is 3.03. The van der Waals surface area contributed by atoms with Gasteiger partial charge in [0, 0.05) is 21.4 Å². The number of anilines is 2. The molecule has 8 heteroatoms. The molecule has 0 atom stereocenters. The van der Waals surface area contributed by atoms with Gasteiger partial charge >= 0.3 is 6.03 Å². The first-order valence-corrected chi connectivity index (χ1v) is 10.7. The lowest BCUT2D eigenvalue weighted by Crippen LogP contribution is -2.19. The highest BCUT2D eigenvalue weighted by Crippen LogP contribution is 2.26. The van der Waals surface area contributed by atoms with Crippen molar-refractivity contribution >= 4 is 62.2 Å². The van der Waals surface area contributed by atoms with Crippen molar-refractivity contribution in [1.82, 2.24) is 4.98 Å². The normalized spacial score (nSPS) is 10.8. The zero-order valence-corrected chi connectivity index (χ0v) is 18.2. The number of thiazole rings is 1. The number of carbonyl (C=O) groups is 1. The van der Waals surface area contributed by atoms with Gasteiger partial charge in [-0.3, -0.25) is 0 Å². The van der Waals surface area contributed by atoms with Gasteiger partial charge in [0.1, 0.15) is 17.4 Å². The van der Waals surface area contributed by atoms with Crippen molar-refractivity contribution in [2.45, 2.75) is 13.5 Å². The molecule has 0 aliphatic heterocycles. The van der Waals surface area contributed by atoms with Crippen molar-refractivity contribution in [3.63, 3.8) is 0 Å². The van der Waals surface area contributed by atoms with E-state index in [2.05, 4.69) is 15.6 Å². The largest absolute Gasteiger partial charge is 0.486 e. The Morgan fingerprint density at radius 1 is 1.00 bits per heavy atom. The van der Waals surface area contributed by atoms with Crippen LogP contribution in [0, 0.1) is 6.92 Å². The molecule has 0 aliphatic carbocycles. The summed E-state index contributed by atoms with van der Waals surface area (Å²) in [6.07, 6.45) is 0. The van der Waals surface area contributed by atoms with Gasteiger partial charge in [0.05, 0.1) is 10.2 Å². The first-order chi connectivity index (χ1) is 14.5. The molecule has 152 valence electrons. The minimum absolute atomic E-state index is 0.392. The summed E-state index contributed by atoms with van der Waals surface area (Å²) in [5.74, 6) is 0.738. The molecule has 2 amide bonds. The van der Waals surface area contributed by atoms with E-state index in [1.54, 1.807) is 35.6 Å². The quantitative estimate of drug-likeness (QED) is 0.334. The molecule has 2 N–H and O–H groups in total. The molecule has 3 aromatic carbocycles. The number of para-hydroxylation sites is 1. The van der Waals surface area contributed by atoms with Crippen molar-refractivity contribution in [3.8, 4) is 5.75 Å². The fourth-order valence-corrected chi connectivity index (χ4v) is 4.34. The first-order valence-electron chi connectivity index (χ1n) is 9.08. The molecule has 0 spiro atoms. The number of nitrogens with one attached hydrogen (secondary N) is 2. The lowest BCUT2D eigenvalue weighted by molar-refractivity contribution is 0.262. The number of ether oxygens (including phenoxy) is 1. The summed E-state index contributed by atoms with van der Waals surface area (Å²) in [4.78, 5) is 16.8. The fourth-order valence-electron chi connectivity index (χ4n) is 2.93. The number of benzene rings is 3. The molecule has 0 saturated carbocycles. The topological polar surface area (TPSA) is 63.2 Å². The number of nitrogens with zero attached hydrogens (tertiary/aromatic N) is 1. The van der Waals surface area contributed by atoms with Crippen LogP contribution in [0.1, 0.15) is 10.6 Å². The molecule has 0 fully saturated rings. The third-order valence-corrected chi connectivity index (χ3v) is 5.69. The number of urea groups is 1. The predicted molar refractivity (Wildman–Crippen MR) is 124 cm³/mol. The van der Waals surface area contributed by atoms with Crippen LogP contribution < -0.4 is 15.4 Å². The first kappa shape index (κ1) is 20.5. The van der Waals surface area contributed by atoms with Crippen LogP contribution >= 0.6 is 34.5 Å². The van der Waals surface area contributed by atoms with E-state index in [1.165, 1.54) is 0 Å². The zero-order valence-electron chi connectivity index (χ0n) is 15.9. The smallest absolute Gasteiger partial charge is 0.323 e. The van der Waals surface area contributed by atoms with Crippen LogP contribution in [0.5, 0.6) is 5.75 Å². The van der Waals surface area contributed by atoms with E-state index in [0.29, 0.717) is 28.0 Å². The summed E-state index contributed by atoms with van der Waals surface area (Å²) in [7, 11) is 0. The second-order valence-corrected chi connectivity index (χ2v) is 8.57. The average Bonchev–Trinajstić information content (AvgIpc) is 3.09.